The molecule has 0 saturated carbocycles. The highest BCUT2D eigenvalue weighted by molar-refractivity contribution is 5.49. The van der Waals surface area contributed by atoms with Gasteiger partial charge in [-0.2, -0.15) is 0 Å². The van der Waals surface area contributed by atoms with Gasteiger partial charge >= 0.3 is 0 Å². The third kappa shape index (κ3) is 3.52. The number of rotatable bonds is 5. The van der Waals surface area contributed by atoms with Crippen LogP contribution in [0.25, 0.3) is 0 Å². The van der Waals surface area contributed by atoms with Gasteiger partial charge in [0.15, 0.2) is 5.82 Å². The number of methoxy groups -OCH3 is 1. The second kappa shape index (κ2) is 6.65. The fourth-order valence-electron chi connectivity index (χ4n) is 2.21. The summed E-state index contributed by atoms with van der Waals surface area (Å²) in [7, 11) is 1.63. The van der Waals surface area contributed by atoms with E-state index in [0.717, 1.165) is 38.5 Å². The first-order chi connectivity index (χ1) is 9.26. The summed E-state index contributed by atoms with van der Waals surface area (Å²) in [6.45, 7) is 7.74. The number of hydrazine groups is 1. The van der Waals surface area contributed by atoms with Crippen LogP contribution in [0, 0.1) is 0 Å². The minimum Gasteiger partial charge on any atom is -0.377 e. The van der Waals surface area contributed by atoms with Crippen molar-refractivity contribution in [2.45, 2.75) is 13.5 Å². The lowest BCUT2D eigenvalue weighted by atomic mass is 10.3. The zero-order chi connectivity index (χ0) is 13.7. The smallest absolute Gasteiger partial charge is 0.158 e. The van der Waals surface area contributed by atoms with Crippen molar-refractivity contribution in [3.8, 4) is 0 Å². The average Bonchev–Trinajstić information content (AvgIpc) is 2.47. The molecule has 0 aromatic carbocycles. The first-order valence-electron chi connectivity index (χ1n) is 6.57. The van der Waals surface area contributed by atoms with E-state index in [1.54, 1.807) is 7.11 Å². The maximum Gasteiger partial charge on any atom is 0.158 e. The second-order valence-corrected chi connectivity index (χ2v) is 4.53. The van der Waals surface area contributed by atoms with Crippen LogP contribution < -0.4 is 16.2 Å². The number of nitrogens with zero attached hydrogens (tertiary/aromatic N) is 4. The Bertz CT molecular complexity index is 405. The standard InChI is InChI=1S/C12H22N6O/c1-3-17-4-6-18(7-5-17)12-8-10(16-13)14-11(15-12)9-19-2/h8H,3-7,9,13H2,1-2H3,(H,14,15,16). The summed E-state index contributed by atoms with van der Waals surface area (Å²) in [5.41, 5.74) is 2.58. The Morgan fingerprint density at radius 1 is 1.32 bits per heavy atom. The summed E-state index contributed by atoms with van der Waals surface area (Å²) in [6, 6.07) is 1.88. The number of nitrogens with one attached hydrogen (secondary N) is 1. The number of nitrogen functional groups attached to an aromatic ring is 1. The number of anilines is 2. The third-order valence-electron chi connectivity index (χ3n) is 3.32. The molecule has 2 heterocycles. The van der Waals surface area contributed by atoms with Gasteiger partial charge in [0.05, 0.1) is 0 Å². The number of hydrogen-bond donors (Lipinski definition) is 2. The minimum atomic E-state index is 0.386. The fraction of sp³-hybridized carbons (Fsp3) is 0.667. The van der Waals surface area contributed by atoms with Gasteiger partial charge < -0.3 is 20.0 Å². The molecule has 1 aliphatic heterocycles. The van der Waals surface area contributed by atoms with Crippen molar-refractivity contribution in [1.82, 2.24) is 14.9 Å². The molecule has 1 saturated heterocycles. The number of piperazine rings is 1. The molecule has 1 aromatic rings. The predicted molar refractivity (Wildman–Crippen MR) is 74.9 cm³/mol. The number of hydrogen-bond acceptors (Lipinski definition) is 7. The van der Waals surface area contributed by atoms with Crippen LogP contribution in [0.4, 0.5) is 11.6 Å². The minimum absolute atomic E-state index is 0.386. The van der Waals surface area contributed by atoms with E-state index in [9.17, 15) is 0 Å². The maximum absolute atomic E-state index is 5.45. The van der Waals surface area contributed by atoms with Crippen LogP contribution in [0.15, 0.2) is 6.07 Å². The number of ether oxygens (including phenoxy) is 1. The Labute approximate surface area is 113 Å². The Hall–Kier alpha value is -1.44. The highest BCUT2D eigenvalue weighted by Crippen LogP contribution is 2.17. The SMILES string of the molecule is CCN1CCN(c2cc(NN)nc(COC)n2)CC1. The summed E-state index contributed by atoms with van der Waals surface area (Å²) in [5.74, 6) is 7.62. The van der Waals surface area contributed by atoms with Crippen molar-refractivity contribution >= 4 is 11.6 Å². The number of aromatic nitrogens is 2. The first-order valence-corrected chi connectivity index (χ1v) is 6.57. The Balaban J connectivity index is 2.12. The number of likely N-dealkylation sites (N-methyl/N-ethyl adjacent to an activating group) is 1. The highest BCUT2D eigenvalue weighted by atomic mass is 16.5. The number of nitrogens with two attached hydrogens (primary N) is 1. The molecule has 7 heteroatoms. The summed E-state index contributed by atoms with van der Waals surface area (Å²) in [4.78, 5) is 13.5. The van der Waals surface area contributed by atoms with Crippen molar-refractivity contribution in [3.05, 3.63) is 11.9 Å². The van der Waals surface area contributed by atoms with Crippen LogP contribution in [-0.4, -0.2) is 54.7 Å². The lowest BCUT2D eigenvalue weighted by Gasteiger charge is -2.34. The fourth-order valence-corrected chi connectivity index (χ4v) is 2.21. The van der Waals surface area contributed by atoms with Gasteiger partial charge in [0.1, 0.15) is 18.2 Å². The largest absolute Gasteiger partial charge is 0.377 e. The van der Waals surface area contributed by atoms with Crippen LogP contribution in [0.2, 0.25) is 0 Å². The molecule has 0 radical (unpaired) electrons. The molecule has 0 aliphatic carbocycles. The van der Waals surface area contributed by atoms with E-state index in [4.69, 9.17) is 10.6 Å². The van der Waals surface area contributed by atoms with Crippen molar-refractivity contribution in [1.29, 1.82) is 0 Å². The highest BCUT2D eigenvalue weighted by Gasteiger charge is 2.18. The van der Waals surface area contributed by atoms with Gasteiger partial charge in [0.2, 0.25) is 0 Å². The molecule has 3 N–H and O–H groups in total. The van der Waals surface area contributed by atoms with Gasteiger partial charge in [-0.15, -0.1) is 0 Å². The Morgan fingerprint density at radius 2 is 2.05 bits per heavy atom. The average molecular weight is 266 g/mol. The molecule has 0 bridgehead atoms. The zero-order valence-electron chi connectivity index (χ0n) is 11.6. The van der Waals surface area contributed by atoms with Gasteiger partial charge in [0, 0.05) is 39.4 Å². The molecule has 0 amide bonds. The second-order valence-electron chi connectivity index (χ2n) is 4.53. The van der Waals surface area contributed by atoms with Crippen LogP contribution >= 0.6 is 0 Å². The summed E-state index contributed by atoms with van der Waals surface area (Å²) >= 11 is 0. The van der Waals surface area contributed by atoms with E-state index < -0.39 is 0 Å². The molecular weight excluding hydrogens is 244 g/mol. The molecule has 1 aliphatic rings. The summed E-state index contributed by atoms with van der Waals surface area (Å²) in [6.07, 6.45) is 0. The van der Waals surface area contributed by atoms with E-state index >= 15 is 0 Å². The Morgan fingerprint density at radius 3 is 2.63 bits per heavy atom. The van der Waals surface area contributed by atoms with Gasteiger partial charge in [0.25, 0.3) is 0 Å². The topological polar surface area (TPSA) is 79.5 Å². The van der Waals surface area contributed by atoms with Crippen LogP contribution in [0.3, 0.4) is 0 Å². The van der Waals surface area contributed by atoms with Crippen LogP contribution in [0.1, 0.15) is 12.7 Å². The molecule has 1 fully saturated rings. The van der Waals surface area contributed by atoms with E-state index in [1.807, 2.05) is 6.07 Å². The van der Waals surface area contributed by atoms with Gasteiger partial charge in [-0.25, -0.2) is 15.8 Å². The molecule has 19 heavy (non-hydrogen) atoms. The van der Waals surface area contributed by atoms with Crippen LogP contribution in [-0.2, 0) is 11.3 Å². The van der Waals surface area contributed by atoms with Crippen molar-refractivity contribution in [2.24, 2.45) is 5.84 Å². The van der Waals surface area contributed by atoms with Gasteiger partial charge in [-0.05, 0) is 6.54 Å². The van der Waals surface area contributed by atoms with E-state index in [1.165, 1.54) is 0 Å². The van der Waals surface area contributed by atoms with E-state index in [-0.39, 0.29) is 0 Å². The normalized spacial score (nSPS) is 16.7. The molecule has 1 aromatic heterocycles. The maximum atomic E-state index is 5.45. The molecule has 7 nitrogen and oxygen atoms in total. The lowest BCUT2D eigenvalue weighted by Crippen LogP contribution is -2.46. The predicted octanol–water partition coefficient (Wildman–Crippen LogP) is 0.0505. The monoisotopic (exact) mass is 266 g/mol. The molecule has 2 rings (SSSR count). The first kappa shape index (κ1) is 14.0. The summed E-state index contributed by atoms with van der Waals surface area (Å²) in [5, 5.41) is 0. The third-order valence-corrected chi connectivity index (χ3v) is 3.32. The van der Waals surface area contributed by atoms with Gasteiger partial charge in [-0.1, -0.05) is 6.92 Å². The lowest BCUT2D eigenvalue weighted by molar-refractivity contribution is 0.178. The summed E-state index contributed by atoms with van der Waals surface area (Å²) < 4.78 is 5.08. The van der Waals surface area contributed by atoms with Crippen molar-refractivity contribution in [2.75, 3.05) is 50.2 Å². The molecule has 0 unspecified atom stereocenters. The van der Waals surface area contributed by atoms with E-state index in [0.29, 0.717) is 18.2 Å². The van der Waals surface area contributed by atoms with Gasteiger partial charge in [-0.3, -0.25) is 0 Å². The molecule has 0 spiro atoms. The molecular formula is C12H22N6O. The van der Waals surface area contributed by atoms with E-state index in [2.05, 4.69) is 32.1 Å². The van der Waals surface area contributed by atoms with Crippen LogP contribution in [0.5, 0.6) is 0 Å². The zero-order valence-corrected chi connectivity index (χ0v) is 11.6. The van der Waals surface area contributed by atoms with Crippen molar-refractivity contribution < 1.29 is 4.74 Å². The van der Waals surface area contributed by atoms with Crippen molar-refractivity contribution in [3.63, 3.8) is 0 Å². The Kier molecular flexibility index (Phi) is 4.89. The quantitative estimate of drug-likeness (QED) is 0.576. The molecule has 106 valence electrons. The molecule has 0 atom stereocenters.